The van der Waals surface area contributed by atoms with Gasteiger partial charge < -0.3 is 5.73 Å². The zero-order valence-electron chi connectivity index (χ0n) is 9.08. The second kappa shape index (κ2) is 4.56. The third kappa shape index (κ3) is 2.71. The highest BCUT2D eigenvalue weighted by atomic mass is 32.2. The van der Waals surface area contributed by atoms with Crippen LogP contribution in [0.3, 0.4) is 0 Å². The van der Waals surface area contributed by atoms with E-state index >= 15 is 0 Å². The Morgan fingerprint density at radius 2 is 1.88 bits per heavy atom. The Hall–Kier alpha value is -1.24. The van der Waals surface area contributed by atoms with Gasteiger partial charge >= 0.3 is 5.51 Å². The Morgan fingerprint density at radius 3 is 2.35 bits per heavy atom. The highest BCUT2D eigenvalue weighted by Gasteiger charge is 2.47. The lowest BCUT2D eigenvalue weighted by molar-refractivity contribution is -0.0436. The Labute approximate surface area is 97.4 Å². The van der Waals surface area contributed by atoms with E-state index in [1.807, 2.05) is 0 Å². The maximum Gasteiger partial charge on any atom is 0.501 e. The minimum Gasteiger partial charge on any atom is -0.399 e. The van der Waals surface area contributed by atoms with Crippen LogP contribution in [0.4, 0.5) is 18.9 Å². The first-order valence-corrected chi connectivity index (χ1v) is 6.38. The van der Waals surface area contributed by atoms with Gasteiger partial charge in [-0.05, 0) is 30.2 Å². The molecule has 3 nitrogen and oxygen atoms in total. The highest BCUT2D eigenvalue weighted by Crippen LogP contribution is 2.33. The smallest absolute Gasteiger partial charge is 0.399 e. The second-order valence-corrected chi connectivity index (χ2v) is 5.48. The van der Waals surface area contributed by atoms with E-state index in [1.54, 1.807) is 6.92 Å². The van der Waals surface area contributed by atoms with Gasteiger partial charge in [-0.2, -0.15) is 13.2 Å². The minimum absolute atomic E-state index is 0.102. The number of benzene rings is 1. The van der Waals surface area contributed by atoms with Crippen molar-refractivity contribution in [2.75, 3.05) is 5.73 Å². The molecule has 2 N–H and O–H groups in total. The highest BCUT2D eigenvalue weighted by molar-refractivity contribution is 7.92. The van der Waals surface area contributed by atoms with E-state index in [2.05, 4.69) is 0 Å². The van der Waals surface area contributed by atoms with E-state index in [4.69, 9.17) is 5.73 Å². The first kappa shape index (κ1) is 13.8. The van der Waals surface area contributed by atoms with Crippen molar-refractivity contribution in [2.24, 2.45) is 0 Å². The van der Waals surface area contributed by atoms with Crippen LogP contribution in [0.2, 0.25) is 0 Å². The molecule has 17 heavy (non-hydrogen) atoms. The molecule has 0 bridgehead atoms. The number of halogens is 3. The van der Waals surface area contributed by atoms with Gasteiger partial charge in [0, 0.05) is 5.69 Å². The van der Waals surface area contributed by atoms with Crippen LogP contribution in [0.15, 0.2) is 23.1 Å². The zero-order chi connectivity index (χ0) is 13.3. The normalized spacial score (nSPS) is 12.7. The summed E-state index contributed by atoms with van der Waals surface area (Å²) in [5.41, 5.74) is 0.495. The lowest BCUT2D eigenvalue weighted by Crippen LogP contribution is -2.24. The molecule has 0 radical (unpaired) electrons. The van der Waals surface area contributed by atoms with E-state index in [-0.39, 0.29) is 17.7 Å². The predicted octanol–water partition coefficient (Wildman–Crippen LogP) is 2.51. The molecule has 0 fully saturated rings. The maximum atomic E-state index is 12.4. The van der Waals surface area contributed by atoms with Crippen molar-refractivity contribution in [1.82, 2.24) is 0 Å². The summed E-state index contributed by atoms with van der Waals surface area (Å²) >= 11 is 0. The van der Waals surface area contributed by atoms with Crippen molar-refractivity contribution in [3.8, 4) is 0 Å². The zero-order valence-corrected chi connectivity index (χ0v) is 9.90. The molecule has 0 unspecified atom stereocenters. The van der Waals surface area contributed by atoms with Gasteiger partial charge in [0.1, 0.15) is 0 Å². The van der Waals surface area contributed by atoms with Gasteiger partial charge in [-0.1, -0.05) is 13.3 Å². The molecule has 1 aromatic carbocycles. The molecule has 96 valence electrons. The van der Waals surface area contributed by atoms with Crippen LogP contribution in [0, 0.1) is 0 Å². The molecular formula is C10H12F3NO2S. The summed E-state index contributed by atoms with van der Waals surface area (Å²) in [6, 6.07) is 3.32. The number of nitrogens with two attached hydrogens (primary N) is 1. The number of nitrogen functional groups attached to an aromatic ring is 1. The van der Waals surface area contributed by atoms with E-state index in [0.717, 1.165) is 12.1 Å². The van der Waals surface area contributed by atoms with Crippen LogP contribution in [-0.2, 0) is 16.3 Å². The molecule has 0 atom stereocenters. The Kier molecular flexibility index (Phi) is 3.71. The number of hydrogen-bond acceptors (Lipinski definition) is 3. The number of alkyl halides is 3. The largest absolute Gasteiger partial charge is 0.501 e. The van der Waals surface area contributed by atoms with Gasteiger partial charge in [-0.15, -0.1) is 0 Å². The van der Waals surface area contributed by atoms with Crippen molar-refractivity contribution in [1.29, 1.82) is 0 Å². The molecule has 1 rings (SSSR count). The number of anilines is 1. The summed E-state index contributed by atoms with van der Waals surface area (Å²) in [7, 11) is -5.30. The van der Waals surface area contributed by atoms with E-state index in [0.29, 0.717) is 6.42 Å². The van der Waals surface area contributed by atoms with Crippen LogP contribution < -0.4 is 5.73 Å². The van der Waals surface area contributed by atoms with E-state index < -0.39 is 20.2 Å². The number of hydrogen-bond donors (Lipinski definition) is 1. The van der Waals surface area contributed by atoms with Crippen LogP contribution >= 0.6 is 0 Å². The quantitative estimate of drug-likeness (QED) is 0.856. The van der Waals surface area contributed by atoms with Crippen LogP contribution in [0.25, 0.3) is 0 Å². The molecule has 0 heterocycles. The molecular weight excluding hydrogens is 255 g/mol. The Bertz CT molecular complexity index is 509. The van der Waals surface area contributed by atoms with Gasteiger partial charge in [-0.3, -0.25) is 0 Å². The monoisotopic (exact) mass is 267 g/mol. The molecule has 0 amide bonds. The standard InChI is InChI=1S/C10H12F3NO2S/c1-2-3-7-6-8(14)4-5-9(7)17(15,16)10(11,12)13/h4-6H,2-3,14H2,1H3. The molecule has 0 aliphatic rings. The third-order valence-electron chi connectivity index (χ3n) is 2.20. The molecule has 0 saturated heterocycles. The number of rotatable bonds is 3. The summed E-state index contributed by atoms with van der Waals surface area (Å²) in [4.78, 5) is -0.707. The first-order valence-electron chi connectivity index (χ1n) is 4.90. The summed E-state index contributed by atoms with van der Waals surface area (Å²) in [5.74, 6) is 0. The fourth-order valence-corrected chi connectivity index (χ4v) is 2.45. The fourth-order valence-electron chi connectivity index (χ4n) is 1.45. The van der Waals surface area contributed by atoms with Crippen molar-refractivity contribution >= 4 is 15.5 Å². The average Bonchev–Trinajstić information content (AvgIpc) is 2.16. The maximum absolute atomic E-state index is 12.4. The van der Waals surface area contributed by atoms with Gasteiger partial charge in [0.2, 0.25) is 0 Å². The third-order valence-corrected chi connectivity index (χ3v) is 3.78. The first-order chi connectivity index (χ1) is 7.70. The summed E-state index contributed by atoms with van der Waals surface area (Å²) in [5, 5.41) is 0. The molecule has 7 heteroatoms. The lowest BCUT2D eigenvalue weighted by atomic mass is 10.1. The second-order valence-electron chi connectivity index (χ2n) is 3.57. The topological polar surface area (TPSA) is 60.2 Å². The SMILES string of the molecule is CCCc1cc(N)ccc1S(=O)(=O)C(F)(F)F. The van der Waals surface area contributed by atoms with Gasteiger partial charge in [0.15, 0.2) is 0 Å². The van der Waals surface area contributed by atoms with Crippen LogP contribution in [0.5, 0.6) is 0 Å². The van der Waals surface area contributed by atoms with E-state index in [1.165, 1.54) is 6.07 Å². The van der Waals surface area contributed by atoms with Gasteiger partial charge in [-0.25, -0.2) is 8.42 Å². The molecule has 1 aromatic rings. The molecule has 0 spiro atoms. The molecule has 0 aromatic heterocycles. The fraction of sp³-hybridized carbons (Fsp3) is 0.400. The van der Waals surface area contributed by atoms with E-state index in [9.17, 15) is 21.6 Å². The minimum atomic E-state index is -5.30. The van der Waals surface area contributed by atoms with Crippen LogP contribution in [-0.4, -0.2) is 13.9 Å². The van der Waals surface area contributed by atoms with Crippen molar-refractivity contribution in [2.45, 2.75) is 30.2 Å². The van der Waals surface area contributed by atoms with Crippen molar-refractivity contribution in [3.63, 3.8) is 0 Å². The predicted molar refractivity (Wildman–Crippen MR) is 58.1 cm³/mol. The average molecular weight is 267 g/mol. The summed E-state index contributed by atoms with van der Waals surface area (Å²) < 4.78 is 59.9. The van der Waals surface area contributed by atoms with Crippen molar-refractivity contribution < 1.29 is 21.6 Å². The number of sulfone groups is 1. The summed E-state index contributed by atoms with van der Waals surface area (Å²) in [6.07, 6.45) is 0.763. The number of aryl methyl sites for hydroxylation is 1. The van der Waals surface area contributed by atoms with Gasteiger partial charge in [0.05, 0.1) is 4.90 Å². The van der Waals surface area contributed by atoms with Crippen LogP contribution in [0.1, 0.15) is 18.9 Å². The van der Waals surface area contributed by atoms with Gasteiger partial charge in [0.25, 0.3) is 9.84 Å². The summed E-state index contributed by atoms with van der Waals surface area (Å²) in [6.45, 7) is 1.74. The van der Waals surface area contributed by atoms with Crippen molar-refractivity contribution in [3.05, 3.63) is 23.8 Å². The molecule has 0 aliphatic carbocycles. The molecule has 0 saturated carbocycles. The Balaban J connectivity index is 3.41. The lowest BCUT2D eigenvalue weighted by Gasteiger charge is -2.12. The Morgan fingerprint density at radius 1 is 1.29 bits per heavy atom. The molecule has 0 aliphatic heterocycles.